The second-order valence-corrected chi connectivity index (χ2v) is 7.46. The van der Waals surface area contributed by atoms with Gasteiger partial charge in [0.2, 0.25) is 0 Å². The summed E-state index contributed by atoms with van der Waals surface area (Å²) >= 11 is 3.09. The summed E-state index contributed by atoms with van der Waals surface area (Å²) in [6, 6.07) is 12.8. The Kier molecular flexibility index (Phi) is 3.13. The van der Waals surface area contributed by atoms with Gasteiger partial charge in [0.05, 0.1) is 0 Å². The number of nitrogen functional groups attached to an aromatic ring is 1. The molecular formula is C15H10AlN3S2. The van der Waals surface area contributed by atoms with Gasteiger partial charge in [0.15, 0.2) is 0 Å². The zero-order valence-corrected chi connectivity index (χ0v) is 13.8. The first-order valence-electron chi connectivity index (χ1n) is 6.43. The topological polar surface area (TPSA) is 51.8 Å². The molecule has 0 fully saturated rings. The number of anilines is 1. The van der Waals surface area contributed by atoms with Crippen LogP contribution in [0.1, 0.15) is 0 Å². The van der Waals surface area contributed by atoms with E-state index in [0.29, 0.717) is 5.69 Å². The van der Waals surface area contributed by atoms with Crippen molar-refractivity contribution in [1.82, 2.24) is 8.75 Å². The van der Waals surface area contributed by atoms with E-state index in [4.69, 9.17) is 5.73 Å². The van der Waals surface area contributed by atoms with Crippen LogP contribution in [0.15, 0.2) is 36.4 Å². The molecule has 0 aliphatic carbocycles. The van der Waals surface area contributed by atoms with Crippen molar-refractivity contribution >= 4 is 74.5 Å². The van der Waals surface area contributed by atoms with Crippen molar-refractivity contribution in [3.63, 3.8) is 0 Å². The molecule has 4 aromatic rings. The Labute approximate surface area is 135 Å². The molecule has 2 N–H and O–H groups in total. The van der Waals surface area contributed by atoms with Crippen LogP contribution < -0.4 is 10.2 Å². The summed E-state index contributed by atoms with van der Waals surface area (Å²) in [4.78, 5) is 1.21. The number of thiophene rings is 1. The van der Waals surface area contributed by atoms with E-state index < -0.39 is 0 Å². The molecule has 0 spiro atoms. The normalized spacial score (nSPS) is 11.0. The molecule has 0 saturated heterocycles. The summed E-state index contributed by atoms with van der Waals surface area (Å²) in [5.74, 6) is 0. The number of aromatic nitrogens is 2. The van der Waals surface area contributed by atoms with Crippen molar-refractivity contribution in [3.05, 3.63) is 36.4 Å². The monoisotopic (exact) mass is 323 g/mol. The first-order chi connectivity index (χ1) is 10.3. The quantitative estimate of drug-likeness (QED) is 0.456. The van der Waals surface area contributed by atoms with Gasteiger partial charge < -0.3 is 0 Å². The minimum absolute atomic E-state index is 0.106. The maximum absolute atomic E-state index is 5.96. The SMILES string of the molecule is [CH2]=[Al][c]1ccc2sc(-c3ccc(N)c4nsnc34)cc2c1. The molecule has 2 aromatic carbocycles. The van der Waals surface area contributed by atoms with Gasteiger partial charge in [0.1, 0.15) is 0 Å². The Morgan fingerprint density at radius 3 is 2.76 bits per heavy atom. The number of nitrogens with zero attached hydrogens (tertiary/aromatic N) is 2. The van der Waals surface area contributed by atoms with E-state index >= 15 is 0 Å². The van der Waals surface area contributed by atoms with Crippen molar-refractivity contribution in [2.75, 3.05) is 5.73 Å². The predicted molar refractivity (Wildman–Crippen MR) is 95.2 cm³/mol. The summed E-state index contributed by atoms with van der Waals surface area (Å²) in [6.45, 7) is 0. The first kappa shape index (κ1) is 13.1. The third-order valence-corrected chi connectivity index (χ3v) is 6.00. The molecule has 0 amide bonds. The third-order valence-electron chi connectivity index (χ3n) is 3.49. The van der Waals surface area contributed by atoms with Crippen molar-refractivity contribution in [2.24, 2.45) is 0 Å². The molecule has 21 heavy (non-hydrogen) atoms. The molecule has 0 aliphatic rings. The second kappa shape index (κ2) is 5.01. The van der Waals surface area contributed by atoms with Crippen LogP contribution >= 0.6 is 23.1 Å². The molecule has 100 valence electrons. The molecule has 0 saturated carbocycles. The Bertz CT molecular complexity index is 987. The van der Waals surface area contributed by atoms with Crippen LogP contribution in [0, 0.1) is 0 Å². The van der Waals surface area contributed by atoms with Gasteiger partial charge in [-0.1, -0.05) is 0 Å². The van der Waals surface area contributed by atoms with Crippen LogP contribution in [-0.4, -0.2) is 28.9 Å². The zero-order chi connectivity index (χ0) is 14.4. The fourth-order valence-corrected chi connectivity index (χ4v) is 4.59. The van der Waals surface area contributed by atoms with E-state index in [1.807, 2.05) is 12.1 Å². The van der Waals surface area contributed by atoms with Crippen LogP contribution in [-0.2, 0) is 0 Å². The standard InChI is InChI=1S/C14H8N3S2.CH2.Al/c15-10-6-5-9(13-14(10)17-19-16-13)12-7-8-3-1-2-4-11(8)18-12;;/h2-7H,15H2;1H2;. The molecule has 0 bridgehead atoms. The van der Waals surface area contributed by atoms with Gasteiger partial charge in [0.25, 0.3) is 0 Å². The molecule has 0 atom stereocenters. The third kappa shape index (κ3) is 2.12. The molecule has 2 aromatic heterocycles. The van der Waals surface area contributed by atoms with E-state index in [1.165, 1.54) is 31.1 Å². The Hall–Kier alpha value is -1.58. The minimum atomic E-state index is 0.106. The number of hydrogen-bond donors (Lipinski definition) is 1. The van der Waals surface area contributed by atoms with Gasteiger partial charge in [-0.2, -0.15) is 0 Å². The van der Waals surface area contributed by atoms with Crippen LogP contribution in [0.25, 0.3) is 31.6 Å². The van der Waals surface area contributed by atoms with E-state index in [1.54, 1.807) is 11.3 Å². The van der Waals surface area contributed by atoms with E-state index in [0.717, 1.165) is 16.6 Å². The summed E-state index contributed by atoms with van der Waals surface area (Å²) in [5, 5.41) is 5.30. The zero-order valence-electron chi connectivity index (χ0n) is 11.0. The summed E-state index contributed by atoms with van der Waals surface area (Å²) in [7, 11) is 0. The van der Waals surface area contributed by atoms with Crippen LogP contribution in [0.3, 0.4) is 0 Å². The van der Waals surface area contributed by atoms with Crippen molar-refractivity contribution in [2.45, 2.75) is 0 Å². The summed E-state index contributed by atoms with van der Waals surface area (Å²) in [6.07, 6.45) is 0. The van der Waals surface area contributed by atoms with Gasteiger partial charge in [-0.15, -0.1) is 0 Å². The number of fused-ring (bicyclic) bond motifs is 2. The van der Waals surface area contributed by atoms with Crippen molar-refractivity contribution < 1.29 is 0 Å². The number of benzene rings is 2. The van der Waals surface area contributed by atoms with Gasteiger partial charge in [0, 0.05) is 0 Å². The molecule has 2 heterocycles. The molecule has 4 rings (SSSR count). The number of nitrogens with two attached hydrogens (primary N) is 1. The van der Waals surface area contributed by atoms with Crippen LogP contribution in [0.4, 0.5) is 5.69 Å². The Morgan fingerprint density at radius 2 is 1.90 bits per heavy atom. The van der Waals surface area contributed by atoms with E-state index in [9.17, 15) is 0 Å². The van der Waals surface area contributed by atoms with Crippen LogP contribution in [0.5, 0.6) is 0 Å². The second-order valence-electron chi connectivity index (χ2n) is 4.78. The van der Waals surface area contributed by atoms with Crippen LogP contribution in [0.2, 0.25) is 0 Å². The molecule has 6 heteroatoms. The number of rotatable bonds is 2. The fraction of sp³-hybridized carbons (Fsp3) is 0. The summed E-state index contributed by atoms with van der Waals surface area (Å²) < 4.78 is 11.3. The predicted octanol–water partition coefficient (Wildman–Crippen LogP) is 2.92. The Morgan fingerprint density at radius 1 is 1.05 bits per heavy atom. The molecule has 0 radical (unpaired) electrons. The number of hydrogen-bond acceptors (Lipinski definition) is 5. The van der Waals surface area contributed by atoms with Gasteiger partial charge in [-0.25, -0.2) is 0 Å². The first-order valence-corrected chi connectivity index (χ1v) is 9.37. The van der Waals surface area contributed by atoms with Gasteiger partial charge >= 0.3 is 136 Å². The molecule has 0 unspecified atom stereocenters. The van der Waals surface area contributed by atoms with Gasteiger partial charge in [-0.05, 0) is 0 Å². The van der Waals surface area contributed by atoms with Crippen molar-refractivity contribution in [1.29, 1.82) is 0 Å². The fourth-order valence-electron chi connectivity index (χ4n) is 2.41. The van der Waals surface area contributed by atoms with E-state index in [-0.39, 0.29) is 14.8 Å². The van der Waals surface area contributed by atoms with E-state index in [2.05, 4.69) is 38.4 Å². The maximum atomic E-state index is 5.96. The molecule has 0 aliphatic heterocycles. The average molecular weight is 323 g/mol. The average Bonchev–Trinajstić information content (AvgIpc) is 3.13. The summed E-state index contributed by atoms with van der Waals surface area (Å²) in [5.41, 5.74) is 9.46. The van der Waals surface area contributed by atoms with Crippen molar-refractivity contribution in [3.8, 4) is 10.4 Å². The Balaban J connectivity index is 1.98. The molecule has 3 nitrogen and oxygen atoms in total. The van der Waals surface area contributed by atoms with Gasteiger partial charge in [-0.3, -0.25) is 0 Å². The molecular weight excluding hydrogens is 313 g/mol.